The Kier molecular flexibility index (Phi) is 4.64. The molecule has 0 unspecified atom stereocenters. The summed E-state index contributed by atoms with van der Waals surface area (Å²) in [5.74, 6) is 1.22. The van der Waals surface area contributed by atoms with E-state index in [4.69, 9.17) is 11.6 Å². The summed E-state index contributed by atoms with van der Waals surface area (Å²) in [6.07, 6.45) is 3.33. The fraction of sp³-hybridized carbons (Fsp3) is 0.188. The van der Waals surface area contributed by atoms with E-state index in [2.05, 4.69) is 25.7 Å². The SMILES string of the molecule is CNc1cc(C)nc(Nc2ccc(Cl)c(-n3cc(CO)cn3)c2)n1. The van der Waals surface area contributed by atoms with E-state index >= 15 is 0 Å². The van der Waals surface area contributed by atoms with Crippen LogP contribution in [0.15, 0.2) is 36.7 Å². The van der Waals surface area contributed by atoms with Gasteiger partial charge in [-0.15, -0.1) is 0 Å². The number of nitrogens with zero attached hydrogens (tertiary/aromatic N) is 4. The van der Waals surface area contributed by atoms with Gasteiger partial charge < -0.3 is 15.7 Å². The summed E-state index contributed by atoms with van der Waals surface area (Å²) in [5, 5.41) is 20.1. The third-order valence-electron chi connectivity index (χ3n) is 3.38. The van der Waals surface area contributed by atoms with Crippen molar-refractivity contribution in [3.63, 3.8) is 0 Å². The van der Waals surface area contributed by atoms with E-state index < -0.39 is 0 Å². The number of aliphatic hydroxyl groups excluding tert-OH is 1. The molecule has 2 heterocycles. The fourth-order valence-corrected chi connectivity index (χ4v) is 2.43. The van der Waals surface area contributed by atoms with E-state index in [1.807, 2.05) is 32.2 Å². The van der Waals surface area contributed by atoms with Crippen LogP contribution in [-0.2, 0) is 6.61 Å². The topological polar surface area (TPSA) is 87.9 Å². The predicted molar refractivity (Wildman–Crippen MR) is 94.1 cm³/mol. The molecule has 24 heavy (non-hydrogen) atoms. The first-order valence-corrected chi connectivity index (χ1v) is 7.71. The van der Waals surface area contributed by atoms with Crippen LogP contribution in [0, 0.1) is 6.92 Å². The van der Waals surface area contributed by atoms with Gasteiger partial charge in [-0.2, -0.15) is 10.1 Å². The largest absolute Gasteiger partial charge is 0.392 e. The highest BCUT2D eigenvalue weighted by molar-refractivity contribution is 6.32. The number of nitrogens with one attached hydrogen (secondary N) is 2. The molecule has 3 N–H and O–H groups in total. The third-order valence-corrected chi connectivity index (χ3v) is 3.70. The van der Waals surface area contributed by atoms with Gasteiger partial charge in [0.15, 0.2) is 0 Å². The maximum absolute atomic E-state index is 9.17. The number of halogens is 1. The Morgan fingerprint density at radius 3 is 2.79 bits per heavy atom. The minimum absolute atomic E-state index is 0.0700. The molecule has 0 atom stereocenters. The van der Waals surface area contributed by atoms with Crippen LogP contribution in [0.4, 0.5) is 17.5 Å². The number of aliphatic hydroxyl groups is 1. The highest BCUT2D eigenvalue weighted by Crippen LogP contribution is 2.26. The molecule has 0 amide bonds. The first-order chi connectivity index (χ1) is 11.6. The molecule has 0 saturated heterocycles. The predicted octanol–water partition coefficient (Wildman–Crippen LogP) is 2.90. The van der Waals surface area contributed by atoms with Crippen LogP contribution in [0.3, 0.4) is 0 Å². The molecule has 0 aliphatic heterocycles. The lowest BCUT2D eigenvalue weighted by molar-refractivity contribution is 0.282. The lowest BCUT2D eigenvalue weighted by Gasteiger charge is -2.10. The van der Waals surface area contributed by atoms with Gasteiger partial charge >= 0.3 is 0 Å². The van der Waals surface area contributed by atoms with Crippen LogP contribution in [0.5, 0.6) is 0 Å². The Bertz CT molecular complexity index is 864. The first-order valence-electron chi connectivity index (χ1n) is 7.34. The summed E-state index contributed by atoms with van der Waals surface area (Å²) in [5.41, 5.74) is 3.04. The maximum Gasteiger partial charge on any atom is 0.229 e. The van der Waals surface area contributed by atoms with Crippen LogP contribution in [0.2, 0.25) is 5.02 Å². The first kappa shape index (κ1) is 16.2. The highest BCUT2D eigenvalue weighted by Gasteiger charge is 2.08. The van der Waals surface area contributed by atoms with Crippen LogP contribution in [0.1, 0.15) is 11.3 Å². The second kappa shape index (κ2) is 6.86. The van der Waals surface area contributed by atoms with Gasteiger partial charge in [-0.05, 0) is 25.1 Å². The summed E-state index contributed by atoms with van der Waals surface area (Å²) in [6, 6.07) is 7.32. The van der Waals surface area contributed by atoms with Crippen molar-refractivity contribution in [1.82, 2.24) is 19.7 Å². The molecule has 124 valence electrons. The molecule has 0 aliphatic carbocycles. The van der Waals surface area contributed by atoms with Gasteiger partial charge in [-0.3, -0.25) is 0 Å². The van der Waals surface area contributed by atoms with Crippen molar-refractivity contribution < 1.29 is 5.11 Å². The molecule has 2 aromatic heterocycles. The van der Waals surface area contributed by atoms with Gasteiger partial charge in [-0.25, -0.2) is 9.67 Å². The zero-order chi connectivity index (χ0) is 17.1. The van der Waals surface area contributed by atoms with Gasteiger partial charge in [-0.1, -0.05) is 11.6 Å². The van der Waals surface area contributed by atoms with Crippen molar-refractivity contribution in [1.29, 1.82) is 0 Å². The van der Waals surface area contributed by atoms with E-state index in [9.17, 15) is 5.11 Å². The highest BCUT2D eigenvalue weighted by atomic mass is 35.5. The van der Waals surface area contributed by atoms with Crippen molar-refractivity contribution >= 4 is 29.1 Å². The number of hydrogen-bond donors (Lipinski definition) is 3. The average molecular weight is 345 g/mol. The third kappa shape index (κ3) is 3.47. The van der Waals surface area contributed by atoms with Crippen LogP contribution in [0.25, 0.3) is 5.69 Å². The zero-order valence-corrected chi connectivity index (χ0v) is 14.0. The molecule has 0 spiro atoms. The van der Waals surface area contributed by atoms with E-state index in [0.29, 0.717) is 22.2 Å². The van der Waals surface area contributed by atoms with Gasteiger partial charge in [0.25, 0.3) is 0 Å². The second-order valence-corrected chi connectivity index (χ2v) is 5.62. The van der Waals surface area contributed by atoms with Gasteiger partial charge in [0.2, 0.25) is 5.95 Å². The Labute approximate surface area is 144 Å². The lowest BCUT2D eigenvalue weighted by Crippen LogP contribution is -2.03. The van der Waals surface area contributed by atoms with Crippen molar-refractivity contribution in [2.75, 3.05) is 17.7 Å². The number of benzene rings is 1. The lowest BCUT2D eigenvalue weighted by atomic mass is 10.2. The summed E-state index contributed by atoms with van der Waals surface area (Å²) in [7, 11) is 1.81. The Morgan fingerprint density at radius 2 is 2.08 bits per heavy atom. The standard InChI is InChI=1S/C16H17ClN6O/c1-10-5-15(18-2)22-16(20-10)21-12-3-4-13(17)14(6-12)23-8-11(9-24)7-19-23/h3-8,24H,9H2,1-2H3,(H2,18,20,21,22). The summed E-state index contributed by atoms with van der Waals surface area (Å²) in [6.45, 7) is 1.83. The van der Waals surface area contributed by atoms with Crippen LogP contribution < -0.4 is 10.6 Å². The van der Waals surface area contributed by atoms with E-state index in [1.165, 1.54) is 0 Å². The molecular weight excluding hydrogens is 328 g/mol. The Balaban J connectivity index is 1.92. The molecule has 7 nitrogen and oxygen atoms in total. The minimum atomic E-state index is -0.0700. The molecule has 0 fully saturated rings. The normalized spacial score (nSPS) is 10.7. The monoisotopic (exact) mass is 344 g/mol. The fourth-order valence-electron chi connectivity index (χ4n) is 2.22. The van der Waals surface area contributed by atoms with Crippen LogP contribution in [-0.4, -0.2) is 31.9 Å². The molecule has 0 radical (unpaired) electrons. The molecule has 0 bridgehead atoms. The number of aryl methyl sites for hydroxylation is 1. The van der Waals surface area contributed by atoms with Crippen molar-refractivity contribution in [3.05, 3.63) is 52.9 Å². The Morgan fingerprint density at radius 1 is 1.25 bits per heavy atom. The molecule has 0 aliphatic rings. The van der Waals surface area contributed by atoms with Crippen LogP contribution >= 0.6 is 11.6 Å². The second-order valence-electron chi connectivity index (χ2n) is 5.21. The zero-order valence-electron chi connectivity index (χ0n) is 13.3. The minimum Gasteiger partial charge on any atom is -0.392 e. The van der Waals surface area contributed by atoms with E-state index in [-0.39, 0.29) is 6.61 Å². The number of hydrogen-bond acceptors (Lipinski definition) is 6. The van der Waals surface area contributed by atoms with E-state index in [0.717, 1.165) is 17.2 Å². The molecule has 0 saturated carbocycles. The molecule has 1 aromatic carbocycles. The number of anilines is 3. The average Bonchev–Trinajstić information content (AvgIpc) is 3.05. The number of rotatable bonds is 5. The van der Waals surface area contributed by atoms with Crippen molar-refractivity contribution in [3.8, 4) is 5.69 Å². The van der Waals surface area contributed by atoms with Gasteiger partial charge in [0.05, 0.1) is 23.5 Å². The van der Waals surface area contributed by atoms with Gasteiger partial charge in [0, 0.05) is 36.3 Å². The van der Waals surface area contributed by atoms with E-state index in [1.54, 1.807) is 23.1 Å². The summed E-state index contributed by atoms with van der Waals surface area (Å²) in [4.78, 5) is 8.74. The van der Waals surface area contributed by atoms with Gasteiger partial charge in [0.1, 0.15) is 5.82 Å². The number of aromatic nitrogens is 4. The molecular formula is C16H17ClN6O. The molecule has 3 aromatic rings. The molecule has 3 rings (SSSR count). The summed E-state index contributed by atoms with van der Waals surface area (Å²) < 4.78 is 1.62. The van der Waals surface area contributed by atoms with Crippen molar-refractivity contribution in [2.24, 2.45) is 0 Å². The molecule has 8 heteroatoms. The Hall–Kier alpha value is -2.64. The quantitative estimate of drug-likeness (QED) is 0.659. The van der Waals surface area contributed by atoms with Crippen molar-refractivity contribution in [2.45, 2.75) is 13.5 Å². The maximum atomic E-state index is 9.17. The summed E-state index contributed by atoms with van der Waals surface area (Å²) >= 11 is 6.27. The smallest absolute Gasteiger partial charge is 0.229 e.